The van der Waals surface area contributed by atoms with Crippen molar-refractivity contribution < 1.29 is 19.1 Å². The van der Waals surface area contributed by atoms with Gasteiger partial charge in [0.05, 0.1) is 20.0 Å². The fourth-order valence-electron chi connectivity index (χ4n) is 3.93. The molecule has 0 spiro atoms. The number of fused-ring (bicyclic) bond motifs is 1. The molecule has 0 aliphatic heterocycles. The fourth-order valence-corrected chi connectivity index (χ4v) is 6.05. The van der Waals surface area contributed by atoms with Crippen LogP contribution in [0.15, 0.2) is 78.0 Å². The van der Waals surface area contributed by atoms with E-state index in [0.717, 1.165) is 40.5 Å². The lowest BCUT2D eigenvalue weighted by molar-refractivity contribution is -0.123. The SMILES string of the molecule is CC(C)COC(=O)N[C@H](Cc1c[nH]c2ccccc12)C(=O)N/N=C\c1cc(I)c(OCc2ccccc2)c(I)c1. The van der Waals surface area contributed by atoms with Gasteiger partial charge in [-0.2, -0.15) is 5.10 Å². The van der Waals surface area contributed by atoms with E-state index in [-0.39, 0.29) is 18.9 Å². The lowest BCUT2D eigenvalue weighted by Gasteiger charge is -2.17. The highest BCUT2D eigenvalue weighted by atomic mass is 127. The minimum Gasteiger partial charge on any atom is -0.487 e. The summed E-state index contributed by atoms with van der Waals surface area (Å²) >= 11 is 4.46. The average Bonchev–Trinajstić information content (AvgIpc) is 3.34. The van der Waals surface area contributed by atoms with Crippen LogP contribution in [0.3, 0.4) is 0 Å². The molecule has 1 atom stereocenters. The van der Waals surface area contributed by atoms with Crippen LogP contribution in [-0.2, 0) is 22.6 Å². The summed E-state index contributed by atoms with van der Waals surface area (Å²) < 4.78 is 13.2. The number of hydrogen-bond acceptors (Lipinski definition) is 5. The number of halogens is 2. The zero-order chi connectivity index (χ0) is 28.5. The van der Waals surface area contributed by atoms with Crippen LogP contribution < -0.4 is 15.5 Å². The maximum atomic E-state index is 13.1. The number of amides is 2. The standard InChI is InChI=1S/C30H30I2N4O4/c1-19(2)17-40-30(38)35-27(14-22-16-33-26-11-7-6-10-23(22)26)29(37)36-34-15-21-12-24(31)28(25(32)13-21)39-18-20-8-4-3-5-9-20/h3-13,15-16,19,27,33H,14,17-18H2,1-2H3,(H,35,38)(H,36,37)/b34-15-/t27-/m1/s1. The lowest BCUT2D eigenvalue weighted by atomic mass is 10.0. The molecule has 0 radical (unpaired) electrons. The Kier molecular flexibility index (Phi) is 10.8. The number of aromatic nitrogens is 1. The largest absolute Gasteiger partial charge is 0.487 e. The first-order chi connectivity index (χ1) is 19.3. The highest BCUT2D eigenvalue weighted by molar-refractivity contribution is 14.1. The van der Waals surface area contributed by atoms with Crippen LogP contribution in [0.5, 0.6) is 5.75 Å². The molecule has 4 aromatic rings. The second-order valence-electron chi connectivity index (χ2n) is 9.58. The molecule has 0 aliphatic carbocycles. The van der Waals surface area contributed by atoms with Gasteiger partial charge in [-0.05, 0) is 86.0 Å². The van der Waals surface area contributed by atoms with Crippen molar-refractivity contribution in [3.8, 4) is 5.75 Å². The molecular formula is C30H30I2N4O4. The maximum absolute atomic E-state index is 13.1. The number of alkyl carbamates (subject to hydrolysis) is 1. The van der Waals surface area contributed by atoms with Gasteiger partial charge in [-0.15, -0.1) is 0 Å². The summed E-state index contributed by atoms with van der Waals surface area (Å²) in [4.78, 5) is 28.8. The second kappa shape index (κ2) is 14.5. The topological polar surface area (TPSA) is 105 Å². The van der Waals surface area contributed by atoms with Crippen LogP contribution >= 0.6 is 45.2 Å². The van der Waals surface area contributed by atoms with Gasteiger partial charge in [0.2, 0.25) is 0 Å². The molecule has 40 heavy (non-hydrogen) atoms. The van der Waals surface area contributed by atoms with Gasteiger partial charge in [0.15, 0.2) is 0 Å². The van der Waals surface area contributed by atoms with Crippen LogP contribution in [-0.4, -0.2) is 35.8 Å². The van der Waals surface area contributed by atoms with Gasteiger partial charge in [0.1, 0.15) is 18.4 Å². The number of rotatable bonds is 11. The van der Waals surface area contributed by atoms with E-state index in [0.29, 0.717) is 6.61 Å². The van der Waals surface area contributed by atoms with Crippen molar-refractivity contribution in [1.29, 1.82) is 0 Å². The molecule has 3 N–H and O–H groups in total. The minimum absolute atomic E-state index is 0.178. The molecule has 0 bridgehead atoms. The lowest BCUT2D eigenvalue weighted by Crippen LogP contribution is -2.47. The van der Waals surface area contributed by atoms with E-state index in [1.807, 2.05) is 86.8 Å². The van der Waals surface area contributed by atoms with Gasteiger partial charge in [-0.1, -0.05) is 62.4 Å². The van der Waals surface area contributed by atoms with Gasteiger partial charge in [0.25, 0.3) is 5.91 Å². The van der Waals surface area contributed by atoms with Crippen molar-refractivity contribution in [2.75, 3.05) is 6.61 Å². The van der Waals surface area contributed by atoms with Crippen LogP contribution in [0.4, 0.5) is 4.79 Å². The van der Waals surface area contributed by atoms with E-state index in [2.05, 4.69) is 66.0 Å². The number of nitrogens with one attached hydrogen (secondary N) is 3. The Bertz CT molecular complexity index is 1460. The molecule has 1 heterocycles. The van der Waals surface area contributed by atoms with Gasteiger partial charge in [-0.3, -0.25) is 4.79 Å². The summed E-state index contributed by atoms with van der Waals surface area (Å²) in [6.07, 6.45) is 3.04. The zero-order valence-corrected chi connectivity index (χ0v) is 26.4. The Morgan fingerprint density at radius 2 is 1.73 bits per heavy atom. The van der Waals surface area contributed by atoms with Crippen molar-refractivity contribution in [2.45, 2.75) is 32.9 Å². The molecule has 8 nitrogen and oxygen atoms in total. The summed E-state index contributed by atoms with van der Waals surface area (Å²) in [5.74, 6) is 0.529. The monoisotopic (exact) mass is 764 g/mol. The van der Waals surface area contributed by atoms with E-state index in [9.17, 15) is 9.59 Å². The van der Waals surface area contributed by atoms with Crippen LogP contribution in [0, 0.1) is 13.1 Å². The number of para-hydroxylation sites is 1. The average molecular weight is 764 g/mol. The zero-order valence-electron chi connectivity index (χ0n) is 22.1. The molecule has 208 valence electrons. The quantitative estimate of drug-likeness (QED) is 0.0935. The fraction of sp³-hybridized carbons (Fsp3) is 0.233. The molecular weight excluding hydrogens is 734 g/mol. The maximum Gasteiger partial charge on any atom is 0.407 e. The highest BCUT2D eigenvalue weighted by Crippen LogP contribution is 2.29. The molecule has 0 unspecified atom stereocenters. The van der Waals surface area contributed by atoms with Gasteiger partial charge >= 0.3 is 6.09 Å². The first kappa shape index (κ1) is 29.8. The molecule has 0 saturated heterocycles. The number of benzene rings is 3. The number of hydrogen-bond donors (Lipinski definition) is 3. The summed E-state index contributed by atoms with van der Waals surface area (Å²) in [6.45, 7) is 4.62. The Labute approximate surface area is 260 Å². The number of nitrogens with zero attached hydrogens (tertiary/aromatic N) is 1. The minimum atomic E-state index is -0.884. The number of aromatic amines is 1. The van der Waals surface area contributed by atoms with Crippen LogP contribution in [0.25, 0.3) is 10.9 Å². The number of H-pyrrole nitrogens is 1. The predicted octanol–water partition coefficient (Wildman–Crippen LogP) is 6.40. The number of carbonyl (C=O) groups excluding carboxylic acids is 2. The predicted molar refractivity (Wildman–Crippen MR) is 173 cm³/mol. The van der Waals surface area contributed by atoms with Gasteiger partial charge in [0, 0.05) is 23.5 Å². The van der Waals surface area contributed by atoms with Crippen molar-refractivity contribution >= 4 is 74.3 Å². The third-order valence-electron chi connectivity index (χ3n) is 5.89. The first-order valence-electron chi connectivity index (χ1n) is 12.8. The molecule has 0 aliphatic rings. The normalized spacial score (nSPS) is 12.0. The smallest absolute Gasteiger partial charge is 0.407 e. The first-order valence-corrected chi connectivity index (χ1v) is 14.9. The van der Waals surface area contributed by atoms with Gasteiger partial charge < -0.3 is 19.8 Å². The molecule has 0 saturated carbocycles. The molecule has 10 heteroatoms. The summed E-state index contributed by atoms with van der Waals surface area (Å²) in [6, 6.07) is 20.8. The number of ether oxygens (including phenoxy) is 2. The second-order valence-corrected chi connectivity index (χ2v) is 11.9. The number of carbonyl (C=O) groups is 2. The molecule has 2 amide bonds. The summed E-state index contributed by atoms with van der Waals surface area (Å²) in [5.41, 5.74) is 6.33. The van der Waals surface area contributed by atoms with Crippen LogP contribution in [0.1, 0.15) is 30.5 Å². The van der Waals surface area contributed by atoms with Crippen molar-refractivity contribution in [1.82, 2.24) is 15.7 Å². The van der Waals surface area contributed by atoms with E-state index < -0.39 is 18.0 Å². The van der Waals surface area contributed by atoms with E-state index in [1.54, 1.807) is 6.21 Å². The van der Waals surface area contributed by atoms with Crippen molar-refractivity contribution in [3.63, 3.8) is 0 Å². The van der Waals surface area contributed by atoms with Gasteiger partial charge in [-0.25, -0.2) is 10.2 Å². The number of hydrazone groups is 1. The molecule has 4 rings (SSSR count). The van der Waals surface area contributed by atoms with Crippen molar-refractivity contribution in [2.24, 2.45) is 11.0 Å². The third kappa shape index (κ3) is 8.43. The van der Waals surface area contributed by atoms with Crippen molar-refractivity contribution in [3.05, 3.63) is 96.8 Å². The summed E-state index contributed by atoms with van der Waals surface area (Å²) in [5, 5.41) is 7.85. The van der Waals surface area contributed by atoms with Crippen LogP contribution in [0.2, 0.25) is 0 Å². The third-order valence-corrected chi connectivity index (χ3v) is 7.49. The molecule has 1 aromatic heterocycles. The Hall–Kier alpha value is -3.13. The molecule has 3 aromatic carbocycles. The van der Waals surface area contributed by atoms with E-state index >= 15 is 0 Å². The summed E-state index contributed by atoms with van der Waals surface area (Å²) in [7, 11) is 0. The highest BCUT2D eigenvalue weighted by Gasteiger charge is 2.23. The Morgan fingerprint density at radius 1 is 1.02 bits per heavy atom. The Morgan fingerprint density at radius 3 is 2.45 bits per heavy atom. The molecule has 0 fully saturated rings. The van der Waals surface area contributed by atoms with E-state index in [4.69, 9.17) is 9.47 Å². The van der Waals surface area contributed by atoms with E-state index in [1.165, 1.54) is 0 Å². The Balaban J connectivity index is 1.43.